The van der Waals surface area contributed by atoms with E-state index in [1.54, 1.807) is 36.4 Å². The smallest absolute Gasteiger partial charge is 0.270 e. The Morgan fingerprint density at radius 2 is 1.74 bits per heavy atom. The number of thiocarbonyl (C=S) groups is 1. The third-order valence-corrected chi connectivity index (χ3v) is 8.26. The molecule has 4 rings (SSSR count). The second-order valence-corrected chi connectivity index (χ2v) is 11.8. The van der Waals surface area contributed by atoms with Crippen LogP contribution < -0.4 is 14.4 Å². The topological polar surface area (TPSA) is 38.8 Å². The van der Waals surface area contributed by atoms with Crippen molar-refractivity contribution in [3.63, 3.8) is 0 Å². The molecule has 11 heteroatoms. The highest BCUT2D eigenvalue weighted by atomic mass is 79.9. The Bertz CT molecular complexity index is 1360. The number of benzene rings is 3. The number of carbonyl (C=O) groups excluding carboxylic acids is 1. The van der Waals surface area contributed by atoms with Crippen molar-refractivity contribution in [3.8, 4) is 11.5 Å². The summed E-state index contributed by atoms with van der Waals surface area (Å²) in [4.78, 5) is 15.1. The van der Waals surface area contributed by atoms with Gasteiger partial charge in [0, 0.05) is 15.6 Å². The predicted octanol–water partition coefficient (Wildman–Crippen LogP) is 9.17. The summed E-state index contributed by atoms with van der Waals surface area (Å²) in [5.41, 5.74) is 2.17. The first-order valence-electron chi connectivity index (χ1n) is 9.85. The first-order chi connectivity index (χ1) is 16.7. The molecule has 0 spiro atoms. The monoisotopic (exact) mass is 691 g/mol. The second-order valence-electron chi connectivity index (χ2n) is 7.17. The van der Waals surface area contributed by atoms with Crippen molar-refractivity contribution >= 4 is 113 Å². The Kier molecular flexibility index (Phi) is 8.74. The highest BCUT2D eigenvalue weighted by Crippen LogP contribution is 2.40. The van der Waals surface area contributed by atoms with Gasteiger partial charge in [0.15, 0.2) is 4.32 Å². The zero-order valence-corrected chi connectivity index (χ0v) is 24.9. The number of hydrogen-bond donors (Lipinski definition) is 0. The van der Waals surface area contributed by atoms with E-state index in [1.165, 1.54) is 23.8 Å². The van der Waals surface area contributed by atoms with Gasteiger partial charge in [-0.2, -0.15) is 0 Å². The molecule has 0 unspecified atom stereocenters. The van der Waals surface area contributed by atoms with Crippen LogP contribution in [-0.4, -0.2) is 17.3 Å². The quantitative estimate of drug-likeness (QED) is 0.190. The van der Waals surface area contributed by atoms with Gasteiger partial charge >= 0.3 is 0 Å². The van der Waals surface area contributed by atoms with Crippen LogP contribution in [0.1, 0.15) is 11.1 Å². The summed E-state index contributed by atoms with van der Waals surface area (Å²) in [7, 11) is 1.53. The molecule has 0 radical (unpaired) electrons. The number of hydrogen-bond acceptors (Lipinski definition) is 5. The number of anilines is 1. The Balaban J connectivity index is 1.55. The maximum Gasteiger partial charge on any atom is 0.270 e. The second kappa shape index (κ2) is 11.4. The molecule has 0 N–H and O–H groups in total. The summed E-state index contributed by atoms with van der Waals surface area (Å²) in [5, 5.41) is 1.49. The van der Waals surface area contributed by atoms with Gasteiger partial charge in [-0.1, -0.05) is 64.8 Å². The Morgan fingerprint density at radius 3 is 2.37 bits per heavy atom. The number of carbonyl (C=O) groups is 1. The summed E-state index contributed by atoms with van der Waals surface area (Å²) >= 11 is 32.2. The lowest BCUT2D eigenvalue weighted by molar-refractivity contribution is -0.113. The van der Waals surface area contributed by atoms with Crippen molar-refractivity contribution in [1.29, 1.82) is 0 Å². The minimum Gasteiger partial charge on any atom is -0.495 e. The van der Waals surface area contributed by atoms with Gasteiger partial charge in [0.05, 0.1) is 31.7 Å². The number of nitrogens with zero attached hydrogens (tertiary/aromatic N) is 1. The molecule has 0 saturated carbocycles. The van der Waals surface area contributed by atoms with Crippen molar-refractivity contribution in [2.45, 2.75) is 6.61 Å². The Labute approximate surface area is 243 Å². The first-order valence-corrected chi connectivity index (χ1v) is 13.8. The van der Waals surface area contributed by atoms with Crippen LogP contribution in [0.3, 0.4) is 0 Å². The first kappa shape index (κ1) is 26.8. The van der Waals surface area contributed by atoms with E-state index >= 15 is 0 Å². The maximum atomic E-state index is 13.1. The molecule has 3 aromatic rings. The van der Waals surface area contributed by atoms with E-state index in [2.05, 4.69) is 31.9 Å². The molecule has 0 aromatic heterocycles. The minimum atomic E-state index is -0.230. The molecular weight excluding hydrogens is 681 g/mol. The van der Waals surface area contributed by atoms with E-state index < -0.39 is 0 Å². The van der Waals surface area contributed by atoms with Gasteiger partial charge in [-0.15, -0.1) is 0 Å². The van der Waals surface area contributed by atoms with Crippen molar-refractivity contribution in [3.05, 3.63) is 88.6 Å². The van der Waals surface area contributed by atoms with Crippen LogP contribution in [0.2, 0.25) is 15.1 Å². The SMILES string of the molecule is COc1ccc(N2C(=O)/C(=C\c3cc(Br)c(OCc4ccc(Cl)cc4Cl)c(Br)c3)SC2=S)cc1Cl. The standard InChI is InChI=1S/C24H14Br2Cl3NO3S2/c1-32-20-5-4-15(10-19(20)29)30-23(31)21(35-24(30)34)8-12-6-16(25)22(17(26)7-12)33-11-13-2-3-14(27)9-18(13)28/h2-10H,11H2,1H3/b21-8+. The van der Waals surface area contributed by atoms with Crippen LogP contribution in [0.5, 0.6) is 11.5 Å². The lowest BCUT2D eigenvalue weighted by Crippen LogP contribution is -2.27. The highest BCUT2D eigenvalue weighted by Gasteiger charge is 2.33. The summed E-state index contributed by atoms with van der Waals surface area (Å²) in [6, 6.07) is 14.1. The van der Waals surface area contributed by atoms with Crippen LogP contribution in [0.25, 0.3) is 6.08 Å². The van der Waals surface area contributed by atoms with Gasteiger partial charge in [0.25, 0.3) is 5.91 Å². The fourth-order valence-electron chi connectivity index (χ4n) is 3.23. The molecule has 1 heterocycles. The number of amides is 1. The molecule has 1 fully saturated rings. The summed E-state index contributed by atoms with van der Waals surface area (Å²) in [5.74, 6) is 0.895. The Morgan fingerprint density at radius 1 is 1.03 bits per heavy atom. The summed E-state index contributed by atoms with van der Waals surface area (Å²) in [6.45, 7) is 0.260. The molecule has 1 aliphatic heterocycles. The van der Waals surface area contributed by atoms with Gasteiger partial charge in [0.2, 0.25) is 0 Å². The molecule has 0 aliphatic carbocycles. The lowest BCUT2D eigenvalue weighted by atomic mass is 10.2. The maximum absolute atomic E-state index is 13.1. The molecule has 0 atom stereocenters. The summed E-state index contributed by atoms with van der Waals surface area (Å²) < 4.78 is 13.0. The lowest BCUT2D eigenvalue weighted by Gasteiger charge is -2.15. The number of thioether (sulfide) groups is 1. The van der Waals surface area contributed by atoms with Gasteiger partial charge in [-0.05, 0) is 86.0 Å². The molecule has 35 heavy (non-hydrogen) atoms. The average molecular weight is 695 g/mol. The van der Waals surface area contributed by atoms with E-state index in [0.717, 1.165) is 11.1 Å². The van der Waals surface area contributed by atoms with Gasteiger partial charge in [-0.3, -0.25) is 9.69 Å². The van der Waals surface area contributed by atoms with Crippen LogP contribution in [0, 0.1) is 0 Å². The van der Waals surface area contributed by atoms with Crippen molar-refractivity contribution in [2.75, 3.05) is 12.0 Å². The fraction of sp³-hybridized carbons (Fsp3) is 0.0833. The van der Waals surface area contributed by atoms with Gasteiger partial charge in [-0.25, -0.2) is 0 Å². The van der Waals surface area contributed by atoms with Crippen molar-refractivity contribution < 1.29 is 14.3 Å². The van der Waals surface area contributed by atoms with Crippen LogP contribution in [-0.2, 0) is 11.4 Å². The van der Waals surface area contributed by atoms with Crippen LogP contribution >= 0.6 is 90.6 Å². The van der Waals surface area contributed by atoms with E-state index in [0.29, 0.717) is 50.4 Å². The number of ether oxygens (including phenoxy) is 2. The zero-order chi connectivity index (χ0) is 25.3. The van der Waals surface area contributed by atoms with E-state index in [-0.39, 0.29) is 12.5 Å². The van der Waals surface area contributed by atoms with Crippen molar-refractivity contribution in [1.82, 2.24) is 0 Å². The normalized spacial score (nSPS) is 14.7. The minimum absolute atomic E-state index is 0.230. The largest absolute Gasteiger partial charge is 0.495 e. The number of halogens is 5. The van der Waals surface area contributed by atoms with E-state index in [1.807, 2.05) is 18.2 Å². The van der Waals surface area contributed by atoms with Gasteiger partial charge in [0.1, 0.15) is 18.1 Å². The molecule has 0 bridgehead atoms. The predicted molar refractivity (Wildman–Crippen MR) is 156 cm³/mol. The zero-order valence-electron chi connectivity index (χ0n) is 17.8. The van der Waals surface area contributed by atoms with Crippen LogP contribution in [0.15, 0.2) is 62.4 Å². The molecule has 4 nitrogen and oxygen atoms in total. The van der Waals surface area contributed by atoms with Crippen molar-refractivity contribution in [2.24, 2.45) is 0 Å². The molecule has 3 aromatic carbocycles. The molecule has 180 valence electrons. The number of rotatable bonds is 6. The Hall–Kier alpha value is -1.26. The highest BCUT2D eigenvalue weighted by molar-refractivity contribution is 9.11. The molecule has 1 amide bonds. The van der Waals surface area contributed by atoms with Crippen LogP contribution in [0.4, 0.5) is 5.69 Å². The fourth-order valence-corrected chi connectivity index (χ4v) is 6.69. The molecule has 1 aliphatic rings. The van der Waals surface area contributed by atoms with E-state index in [4.69, 9.17) is 56.5 Å². The van der Waals surface area contributed by atoms with Gasteiger partial charge < -0.3 is 9.47 Å². The summed E-state index contributed by atoms with van der Waals surface area (Å²) in [6.07, 6.45) is 1.78. The third kappa shape index (κ3) is 6.01. The molecule has 1 saturated heterocycles. The number of methoxy groups -OCH3 is 1. The average Bonchev–Trinajstić information content (AvgIpc) is 3.07. The molecular formula is C24H14Br2Cl3NO3S2. The van der Waals surface area contributed by atoms with E-state index in [9.17, 15) is 4.79 Å². The third-order valence-electron chi connectivity index (χ3n) is 4.89.